The van der Waals surface area contributed by atoms with E-state index >= 15 is 0 Å². The predicted octanol–water partition coefficient (Wildman–Crippen LogP) is 3.47. The first-order valence-electron chi connectivity index (χ1n) is 8.62. The van der Waals surface area contributed by atoms with Crippen molar-refractivity contribution >= 4 is 17.3 Å². The highest BCUT2D eigenvalue weighted by Crippen LogP contribution is 2.33. The lowest BCUT2D eigenvalue weighted by molar-refractivity contribution is 0.0984. The maximum absolute atomic E-state index is 13.2. The number of benzene rings is 2. The number of aromatic nitrogens is 2. The van der Waals surface area contributed by atoms with Gasteiger partial charge >= 0.3 is 0 Å². The molecule has 1 unspecified atom stereocenters. The average Bonchev–Trinajstić information content (AvgIpc) is 3.16. The summed E-state index contributed by atoms with van der Waals surface area (Å²) in [6.07, 6.45) is 1.29. The van der Waals surface area contributed by atoms with E-state index in [1.807, 2.05) is 47.4 Å². The van der Waals surface area contributed by atoms with E-state index in [4.69, 9.17) is 4.52 Å². The van der Waals surface area contributed by atoms with Crippen molar-refractivity contribution < 1.29 is 9.32 Å². The van der Waals surface area contributed by atoms with Crippen LogP contribution in [0.5, 0.6) is 0 Å². The van der Waals surface area contributed by atoms with E-state index in [1.165, 1.54) is 6.39 Å². The van der Waals surface area contributed by atoms with Crippen LogP contribution >= 0.6 is 0 Å². The molecule has 3 aromatic rings. The molecule has 4 rings (SSSR count). The highest BCUT2D eigenvalue weighted by Gasteiger charge is 2.27. The average molecular weight is 348 g/mol. The number of para-hydroxylation sites is 2. The summed E-state index contributed by atoms with van der Waals surface area (Å²) in [7, 11) is 2.07. The summed E-state index contributed by atoms with van der Waals surface area (Å²) in [6, 6.07) is 15.4. The van der Waals surface area contributed by atoms with Crippen molar-refractivity contribution in [2.45, 2.75) is 6.92 Å². The Morgan fingerprint density at radius 1 is 1.08 bits per heavy atom. The van der Waals surface area contributed by atoms with Crippen LogP contribution in [0.25, 0.3) is 11.4 Å². The van der Waals surface area contributed by atoms with Gasteiger partial charge in [-0.15, -0.1) is 0 Å². The van der Waals surface area contributed by atoms with Crippen LogP contribution in [-0.2, 0) is 0 Å². The topological polar surface area (TPSA) is 62.5 Å². The van der Waals surface area contributed by atoms with Crippen LogP contribution < -0.4 is 9.80 Å². The van der Waals surface area contributed by atoms with Gasteiger partial charge in [0, 0.05) is 31.3 Å². The number of rotatable bonds is 2. The second-order valence-electron chi connectivity index (χ2n) is 6.72. The summed E-state index contributed by atoms with van der Waals surface area (Å²) in [4.78, 5) is 21.4. The molecule has 1 amide bonds. The summed E-state index contributed by atoms with van der Waals surface area (Å²) < 4.78 is 4.78. The summed E-state index contributed by atoms with van der Waals surface area (Å²) >= 11 is 0. The van der Waals surface area contributed by atoms with Gasteiger partial charge < -0.3 is 14.3 Å². The van der Waals surface area contributed by atoms with Gasteiger partial charge in [-0.2, -0.15) is 4.98 Å². The van der Waals surface area contributed by atoms with Crippen LogP contribution in [0.2, 0.25) is 0 Å². The molecule has 2 aromatic carbocycles. The molecule has 132 valence electrons. The lowest BCUT2D eigenvalue weighted by Gasteiger charge is -2.24. The fourth-order valence-electron chi connectivity index (χ4n) is 3.46. The number of anilines is 2. The Kier molecular flexibility index (Phi) is 4.16. The zero-order valence-electron chi connectivity index (χ0n) is 14.8. The van der Waals surface area contributed by atoms with E-state index < -0.39 is 0 Å². The number of nitrogens with zero attached hydrogens (tertiary/aromatic N) is 4. The van der Waals surface area contributed by atoms with E-state index in [1.54, 1.807) is 0 Å². The number of amides is 1. The lowest BCUT2D eigenvalue weighted by atomic mass is 10.1. The molecule has 1 aliphatic rings. The molecular formula is C20H20N4O2. The number of carbonyl (C=O) groups excluding carboxylic acids is 1. The van der Waals surface area contributed by atoms with Crippen molar-refractivity contribution in [3.8, 4) is 11.4 Å². The van der Waals surface area contributed by atoms with Crippen molar-refractivity contribution in [2.24, 2.45) is 5.92 Å². The normalized spacial score (nSPS) is 16.9. The van der Waals surface area contributed by atoms with Crippen LogP contribution in [0.1, 0.15) is 17.3 Å². The summed E-state index contributed by atoms with van der Waals surface area (Å²) in [5.74, 6) is 0.883. The van der Waals surface area contributed by atoms with Gasteiger partial charge in [-0.3, -0.25) is 4.79 Å². The van der Waals surface area contributed by atoms with Gasteiger partial charge in [0.2, 0.25) is 12.2 Å². The van der Waals surface area contributed by atoms with E-state index in [-0.39, 0.29) is 5.91 Å². The largest absolute Gasteiger partial charge is 0.373 e. The molecule has 1 aromatic heterocycles. The number of hydrogen-bond acceptors (Lipinski definition) is 5. The third kappa shape index (κ3) is 2.94. The Morgan fingerprint density at radius 3 is 2.50 bits per heavy atom. The van der Waals surface area contributed by atoms with Gasteiger partial charge in [0.15, 0.2) is 0 Å². The first-order chi connectivity index (χ1) is 12.6. The van der Waals surface area contributed by atoms with Gasteiger partial charge in [0.25, 0.3) is 5.91 Å². The van der Waals surface area contributed by atoms with Crippen LogP contribution in [-0.4, -0.2) is 36.2 Å². The monoisotopic (exact) mass is 348 g/mol. The first kappa shape index (κ1) is 16.3. The third-order valence-corrected chi connectivity index (χ3v) is 4.66. The minimum absolute atomic E-state index is 0.000683. The Morgan fingerprint density at radius 2 is 1.81 bits per heavy atom. The minimum atomic E-state index is -0.000683. The fraction of sp³-hybridized carbons (Fsp3) is 0.250. The molecular weight excluding hydrogens is 328 g/mol. The maximum Gasteiger partial charge on any atom is 0.258 e. The molecule has 2 heterocycles. The van der Waals surface area contributed by atoms with Gasteiger partial charge in [-0.25, -0.2) is 0 Å². The molecule has 1 aliphatic heterocycles. The van der Waals surface area contributed by atoms with Crippen molar-refractivity contribution in [1.29, 1.82) is 0 Å². The molecule has 6 heteroatoms. The molecule has 0 aliphatic carbocycles. The SMILES string of the molecule is CC1CN(C)c2ccccc2N(C(=O)c2ccc(-c3ncon3)cc2)C1. The highest BCUT2D eigenvalue weighted by molar-refractivity contribution is 6.08. The van der Waals surface area contributed by atoms with Crippen molar-refractivity contribution in [3.05, 3.63) is 60.5 Å². The van der Waals surface area contributed by atoms with Crippen molar-refractivity contribution in [3.63, 3.8) is 0 Å². The van der Waals surface area contributed by atoms with Crippen LogP contribution in [0, 0.1) is 5.92 Å². The Labute approximate surface area is 152 Å². The molecule has 26 heavy (non-hydrogen) atoms. The summed E-state index contributed by atoms with van der Waals surface area (Å²) in [5, 5.41) is 3.82. The van der Waals surface area contributed by atoms with Crippen molar-refractivity contribution in [2.75, 3.05) is 29.9 Å². The van der Waals surface area contributed by atoms with E-state index in [0.717, 1.165) is 23.5 Å². The second kappa shape index (κ2) is 6.63. The number of carbonyl (C=O) groups is 1. The number of hydrogen-bond donors (Lipinski definition) is 0. The first-order valence-corrected chi connectivity index (χ1v) is 8.62. The summed E-state index contributed by atoms with van der Waals surface area (Å²) in [5.41, 5.74) is 3.49. The van der Waals surface area contributed by atoms with Gasteiger partial charge in [0.05, 0.1) is 11.4 Å². The van der Waals surface area contributed by atoms with Gasteiger partial charge in [0.1, 0.15) is 0 Å². The molecule has 0 radical (unpaired) electrons. The third-order valence-electron chi connectivity index (χ3n) is 4.66. The lowest BCUT2D eigenvalue weighted by Crippen LogP contribution is -2.34. The minimum Gasteiger partial charge on any atom is -0.373 e. The summed E-state index contributed by atoms with van der Waals surface area (Å²) in [6.45, 7) is 3.77. The van der Waals surface area contributed by atoms with Gasteiger partial charge in [-0.05, 0) is 30.2 Å². The molecule has 6 nitrogen and oxygen atoms in total. The molecule has 0 saturated carbocycles. The van der Waals surface area contributed by atoms with Crippen LogP contribution in [0.15, 0.2) is 59.4 Å². The number of fused-ring (bicyclic) bond motifs is 1. The Hall–Kier alpha value is -3.15. The van der Waals surface area contributed by atoms with Crippen LogP contribution in [0.4, 0.5) is 11.4 Å². The predicted molar refractivity (Wildman–Crippen MR) is 100 cm³/mol. The van der Waals surface area contributed by atoms with Crippen molar-refractivity contribution in [1.82, 2.24) is 10.1 Å². The fourth-order valence-corrected chi connectivity index (χ4v) is 3.46. The molecule has 1 atom stereocenters. The zero-order valence-corrected chi connectivity index (χ0v) is 14.8. The van der Waals surface area contributed by atoms with Gasteiger partial charge in [-0.1, -0.05) is 36.3 Å². The zero-order chi connectivity index (χ0) is 18.1. The second-order valence-corrected chi connectivity index (χ2v) is 6.72. The maximum atomic E-state index is 13.2. The van der Waals surface area contributed by atoms with E-state index in [0.29, 0.717) is 23.9 Å². The van der Waals surface area contributed by atoms with E-state index in [2.05, 4.69) is 35.1 Å². The smallest absolute Gasteiger partial charge is 0.258 e. The quantitative estimate of drug-likeness (QED) is 0.710. The molecule has 0 fully saturated rings. The highest BCUT2D eigenvalue weighted by atomic mass is 16.5. The molecule has 0 N–H and O–H groups in total. The molecule has 0 saturated heterocycles. The van der Waals surface area contributed by atoms with E-state index in [9.17, 15) is 4.79 Å². The Bertz CT molecular complexity index is 906. The standard InChI is InChI=1S/C20H20N4O2/c1-14-11-23(2)17-5-3-4-6-18(17)24(12-14)20(25)16-9-7-15(8-10-16)19-21-13-26-22-19/h3-10,13-14H,11-12H2,1-2H3. The van der Waals surface area contributed by atoms with Crippen LogP contribution in [0.3, 0.4) is 0 Å². The Balaban J connectivity index is 1.67. The molecule has 0 bridgehead atoms. The molecule has 0 spiro atoms.